The van der Waals surface area contributed by atoms with E-state index < -0.39 is 0 Å². The van der Waals surface area contributed by atoms with Crippen LogP contribution >= 0.6 is 0 Å². The third-order valence-electron chi connectivity index (χ3n) is 2.84. The summed E-state index contributed by atoms with van der Waals surface area (Å²) >= 11 is 0. The van der Waals surface area contributed by atoms with E-state index in [1.165, 1.54) is 6.42 Å². The van der Waals surface area contributed by atoms with E-state index in [2.05, 4.69) is 20.8 Å². The van der Waals surface area contributed by atoms with Crippen LogP contribution in [-0.2, 0) is 4.74 Å². The minimum atomic E-state index is -0.148. The normalized spacial score (nSPS) is 18.8. The van der Waals surface area contributed by atoms with Gasteiger partial charge < -0.3 is 9.84 Å². The van der Waals surface area contributed by atoms with Gasteiger partial charge in [-0.2, -0.15) is 0 Å². The smallest absolute Gasteiger partial charge is 0.0697 e. The molecule has 0 aromatic rings. The highest BCUT2D eigenvalue weighted by Gasteiger charge is 2.29. The first-order valence-corrected chi connectivity index (χ1v) is 4.76. The van der Waals surface area contributed by atoms with Gasteiger partial charge in [0.2, 0.25) is 0 Å². The second-order valence-electron chi connectivity index (χ2n) is 3.68. The first-order chi connectivity index (χ1) is 5.60. The summed E-state index contributed by atoms with van der Waals surface area (Å²) in [4.78, 5) is 0. The van der Waals surface area contributed by atoms with Crippen molar-refractivity contribution in [2.75, 3.05) is 13.7 Å². The molecule has 0 amide bonds. The first-order valence-electron chi connectivity index (χ1n) is 4.76. The number of aliphatic hydroxyl groups is 1. The first kappa shape index (κ1) is 11.9. The van der Waals surface area contributed by atoms with Gasteiger partial charge in [0.25, 0.3) is 0 Å². The van der Waals surface area contributed by atoms with E-state index in [-0.39, 0.29) is 12.2 Å². The van der Waals surface area contributed by atoms with Crippen molar-refractivity contribution in [3.05, 3.63) is 0 Å². The summed E-state index contributed by atoms with van der Waals surface area (Å²) in [6, 6.07) is 0. The molecule has 0 aliphatic rings. The van der Waals surface area contributed by atoms with E-state index >= 15 is 0 Å². The molecule has 2 atom stereocenters. The fraction of sp³-hybridized carbons (Fsp3) is 1.00. The van der Waals surface area contributed by atoms with Gasteiger partial charge >= 0.3 is 0 Å². The number of hydrogen-bond donors (Lipinski definition) is 1. The van der Waals surface area contributed by atoms with Gasteiger partial charge in [0.05, 0.1) is 5.60 Å². The maximum atomic E-state index is 8.87. The molecule has 0 spiro atoms. The molecule has 12 heavy (non-hydrogen) atoms. The predicted molar refractivity (Wildman–Crippen MR) is 51.2 cm³/mol. The highest BCUT2D eigenvalue weighted by molar-refractivity contribution is 4.80. The summed E-state index contributed by atoms with van der Waals surface area (Å²) in [5.41, 5.74) is -0.148. The monoisotopic (exact) mass is 174 g/mol. The van der Waals surface area contributed by atoms with Crippen LogP contribution in [0.2, 0.25) is 0 Å². The van der Waals surface area contributed by atoms with Crippen molar-refractivity contribution in [3.63, 3.8) is 0 Å². The molecule has 2 unspecified atom stereocenters. The van der Waals surface area contributed by atoms with Crippen molar-refractivity contribution < 1.29 is 9.84 Å². The Balaban J connectivity index is 4.08. The lowest BCUT2D eigenvalue weighted by molar-refractivity contribution is -0.0559. The van der Waals surface area contributed by atoms with Crippen LogP contribution < -0.4 is 0 Å². The van der Waals surface area contributed by atoms with Crippen LogP contribution in [0.5, 0.6) is 0 Å². The minimum Gasteiger partial charge on any atom is -0.396 e. The molecule has 0 bridgehead atoms. The molecule has 1 N–H and O–H groups in total. The summed E-state index contributed by atoms with van der Waals surface area (Å²) < 4.78 is 5.43. The lowest BCUT2D eigenvalue weighted by Crippen LogP contribution is -2.36. The van der Waals surface area contributed by atoms with Crippen LogP contribution in [0.4, 0.5) is 0 Å². The third-order valence-corrected chi connectivity index (χ3v) is 2.84. The molecule has 0 aromatic heterocycles. The minimum absolute atomic E-state index is 0.148. The van der Waals surface area contributed by atoms with Crippen molar-refractivity contribution in [2.45, 2.75) is 45.6 Å². The largest absolute Gasteiger partial charge is 0.396 e. The fourth-order valence-electron chi connectivity index (χ4n) is 1.51. The van der Waals surface area contributed by atoms with Gasteiger partial charge in [-0.25, -0.2) is 0 Å². The van der Waals surface area contributed by atoms with E-state index in [9.17, 15) is 0 Å². The molecule has 2 heteroatoms. The van der Waals surface area contributed by atoms with Crippen LogP contribution in [0, 0.1) is 5.92 Å². The van der Waals surface area contributed by atoms with Gasteiger partial charge in [-0.3, -0.25) is 0 Å². The molecule has 0 saturated carbocycles. The fourth-order valence-corrected chi connectivity index (χ4v) is 1.51. The molecule has 0 aliphatic heterocycles. The number of ether oxygens (including phenoxy) is 1. The SMILES string of the molecule is CCCC(C)C(C)(CCO)OC. The summed E-state index contributed by atoms with van der Waals surface area (Å²) in [7, 11) is 1.72. The average Bonchev–Trinajstić information content (AvgIpc) is 2.05. The van der Waals surface area contributed by atoms with Crippen LogP contribution in [0.1, 0.15) is 40.0 Å². The van der Waals surface area contributed by atoms with Crippen LogP contribution in [0.25, 0.3) is 0 Å². The number of aliphatic hydroxyl groups excluding tert-OH is 1. The van der Waals surface area contributed by atoms with Crippen molar-refractivity contribution in [2.24, 2.45) is 5.92 Å². The summed E-state index contributed by atoms with van der Waals surface area (Å²) in [6.07, 6.45) is 3.06. The second-order valence-corrected chi connectivity index (χ2v) is 3.68. The molecule has 0 radical (unpaired) electrons. The molecule has 0 aromatic carbocycles. The molecule has 0 rings (SSSR count). The van der Waals surface area contributed by atoms with Crippen LogP contribution in [0.15, 0.2) is 0 Å². The van der Waals surface area contributed by atoms with Crippen molar-refractivity contribution >= 4 is 0 Å². The lowest BCUT2D eigenvalue weighted by Gasteiger charge is -2.33. The molecular weight excluding hydrogens is 152 g/mol. The van der Waals surface area contributed by atoms with E-state index in [4.69, 9.17) is 9.84 Å². The molecule has 74 valence electrons. The van der Waals surface area contributed by atoms with Gasteiger partial charge in [0.1, 0.15) is 0 Å². The quantitative estimate of drug-likeness (QED) is 0.669. The van der Waals surface area contributed by atoms with Crippen molar-refractivity contribution in [1.29, 1.82) is 0 Å². The molecule has 0 aliphatic carbocycles. The Morgan fingerprint density at radius 3 is 2.42 bits per heavy atom. The Kier molecular flexibility index (Phi) is 5.51. The Labute approximate surface area is 75.9 Å². The van der Waals surface area contributed by atoms with Crippen LogP contribution in [-0.4, -0.2) is 24.4 Å². The number of methoxy groups -OCH3 is 1. The Hall–Kier alpha value is -0.0800. The Morgan fingerprint density at radius 2 is 2.08 bits per heavy atom. The summed E-state index contributed by atoms with van der Waals surface area (Å²) in [5, 5.41) is 8.87. The zero-order valence-electron chi connectivity index (χ0n) is 8.76. The van der Waals surface area contributed by atoms with Gasteiger partial charge in [0.15, 0.2) is 0 Å². The average molecular weight is 174 g/mol. The lowest BCUT2D eigenvalue weighted by atomic mass is 9.84. The Bertz CT molecular complexity index is 114. The van der Waals surface area contributed by atoms with Gasteiger partial charge in [-0.15, -0.1) is 0 Å². The zero-order valence-corrected chi connectivity index (χ0v) is 8.76. The molecular formula is C10H22O2. The standard InChI is InChI=1S/C10H22O2/c1-5-6-9(2)10(3,12-4)7-8-11/h9,11H,5-8H2,1-4H3. The van der Waals surface area contributed by atoms with E-state index in [1.807, 2.05) is 0 Å². The van der Waals surface area contributed by atoms with Gasteiger partial charge in [-0.1, -0.05) is 20.3 Å². The summed E-state index contributed by atoms with van der Waals surface area (Å²) in [6.45, 7) is 6.64. The highest BCUT2D eigenvalue weighted by atomic mass is 16.5. The zero-order chi connectivity index (χ0) is 9.61. The topological polar surface area (TPSA) is 29.5 Å². The second kappa shape index (κ2) is 5.55. The molecule has 0 heterocycles. The molecule has 0 saturated heterocycles. The van der Waals surface area contributed by atoms with Crippen LogP contribution in [0.3, 0.4) is 0 Å². The van der Waals surface area contributed by atoms with Gasteiger partial charge in [-0.05, 0) is 25.7 Å². The number of rotatable bonds is 6. The van der Waals surface area contributed by atoms with Crippen molar-refractivity contribution in [1.82, 2.24) is 0 Å². The predicted octanol–water partition coefficient (Wildman–Crippen LogP) is 2.21. The maximum Gasteiger partial charge on any atom is 0.0697 e. The van der Waals surface area contributed by atoms with Crippen molar-refractivity contribution in [3.8, 4) is 0 Å². The maximum absolute atomic E-state index is 8.87. The molecule has 2 nitrogen and oxygen atoms in total. The van der Waals surface area contributed by atoms with Gasteiger partial charge in [0, 0.05) is 13.7 Å². The molecule has 0 fully saturated rings. The van der Waals surface area contributed by atoms with E-state index in [0.29, 0.717) is 5.92 Å². The van der Waals surface area contributed by atoms with E-state index in [1.54, 1.807) is 7.11 Å². The van der Waals surface area contributed by atoms with E-state index in [0.717, 1.165) is 12.8 Å². The third kappa shape index (κ3) is 3.11. The Morgan fingerprint density at radius 1 is 1.50 bits per heavy atom. The number of hydrogen-bond acceptors (Lipinski definition) is 2. The summed E-state index contributed by atoms with van der Waals surface area (Å²) in [5.74, 6) is 0.514. The highest BCUT2D eigenvalue weighted by Crippen LogP contribution is 2.27.